The molecule has 2 heterocycles. The molecule has 4 heteroatoms. The number of rotatable bonds is 4. The lowest BCUT2D eigenvalue weighted by atomic mass is 9.93. The van der Waals surface area contributed by atoms with Crippen molar-refractivity contribution in [2.45, 2.75) is 13.0 Å². The number of aliphatic hydroxyl groups excluding tert-OH is 1. The Labute approximate surface area is 176 Å². The number of hydrogen-bond donors (Lipinski definition) is 1. The van der Waals surface area contributed by atoms with Gasteiger partial charge >= 0.3 is 0 Å². The van der Waals surface area contributed by atoms with Crippen molar-refractivity contribution < 1.29 is 9.90 Å². The molecule has 0 saturated carbocycles. The summed E-state index contributed by atoms with van der Waals surface area (Å²) in [7, 11) is 2.08. The number of aryl methyl sites for hydroxylation is 2. The third kappa shape index (κ3) is 2.68. The molecule has 0 saturated heterocycles. The fourth-order valence-corrected chi connectivity index (χ4v) is 4.78. The van der Waals surface area contributed by atoms with Crippen LogP contribution in [0.3, 0.4) is 0 Å². The molecule has 1 N–H and O–H groups in total. The minimum absolute atomic E-state index is 0.0209. The zero-order valence-electron chi connectivity index (χ0n) is 17.2. The van der Waals surface area contributed by atoms with Gasteiger partial charge in [0.15, 0.2) is 0 Å². The van der Waals surface area contributed by atoms with Gasteiger partial charge in [-0.3, -0.25) is 4.79 Å². The second-order valence-corrected chi connectivity index (χ2v) is 7.92. The van der Waals surface area contributed by atoms with E-state index in [1.807, 2.05) is 41.3 Å². The van der Waals surface area contributed by atoms with Crippen LogP contribution in [0.25, 0.3) is 22.2 Å². The van der Waals surface area contributed by atoms with Gasteiger partial charge in [0.1, 0.15) is 0 Å². The molecule has 1 amide bonds. The smallest absolute Gasteiger partial charge is 0.255 e. The number of carbonyl (C=O) groups excluding carboxylic acids is 1. The van der Waals surface area contributed by atoms with E-state index in [-0.39, 0.29) is 18.6 Å². The van der Waals surface area contributed by atoms with Crippen LogP contribution in [-0.2, 0) is 7.05 Å². The molecule has 0 bridgehead atoms. The fourth-order valence-electron chi connectivity index (χ4n) is 4.78. The Balaban J connectivity index is 1.85. The molecular weight excluding hydrogens is 372 g/mol. The van der Waals surface area contributed by atoms with Crippen molar-refractivity contribution in [1.82, 2.24) is 9.47 Å². The number of aliphatic hydroxyl groups is 1. The van der Waals surface area contributed by atoms with Crippen molar-refractivity contribution in [1.29, 1.82) is 0 Å². The van der Waals surface area contributed by atoms with Crippen LogP contribution >= 0.6 is 0 Å². The zero-order valence-corrected chi connectivity index (χ0v) is 17.2. The highest BCUT2D eigenvalue weighted by molar-refractivity contribution is 6.02. The molecule has 150 valence electrons. The van der Waals surface area contributed by atoms with E-state index >= 15 is 0 Å². The van der Waals surface area contributed by atoms with Crippen LogP contribution in [0, 0.1) is 6.92 Å². The molecule has 0 unspecified atom stereocenters. The van der Waals surface area contributed by atoms with Gasteiger partial charge in [0, 0.05) is 35.6 Å². The maximum Gasteiger partial charge on any atom is 0.255 e. The first-order chi connectivity index (χ1) is 14.6. The van der Waals surface area contributed by atoms with Crippen molar-refractivity contribution in [3.8, 4) is 11.3 Å². The lowest BCUT2D eigenvalue weighted by molar-refractivity contribution is 0.0713. The van der Waals surface area contributed by atoms with E-state index in [0.717, 1.165) is 38.9 Å². The summed E-state index contributed by atoms with van der Waals surface area (Å²) in [5, 5.41) is 10.9. The minimum Gasteiger partial charge on any atom is -0.395 e. The van der Waals surface area contributed by atoms with Crippen LogP contribution in [0.15, 0.2) is 72.8 Å². The molecule has 1 aliphatic rings. The molecule has 3 aromatic carbocycles. The maximum atomic E-state index is 13.2. The largest absolute Gasteiger partial charge is 0.395 e. The van der Waals surface area contributed by atoms with E-state index in [0.29, 0.717) is 6.54 Å². The topological polar surface area (TPSA) is 45.5 Å². The number of hydrogen-bond acceptors (Lipinski definition) is 2. The molecule has 4 aromatic rings. The van der Waals surface area contributed by atoms with Crippen molar-refractivity contribution in [3.63, 3.8) is 0 Å². The third-order valence-electron chi connectivity index (χ3n) is 6.14. The fraction of sp³-hybridized carbons (Fsp3) is 0.192. The van der Waals surface area contributed by atoms with Gasteiger partial charge < -0.3 is 14.6 Å². The predicted molar refractivity (Wildman–Crippen MR) is 119 cm³/mol. The van der Waals surface area contributed by atoms with Crippen LogP contribution in [0.1, 0.15) is 33.1 Å². The van der Waals surface area contributed by atoms with E-state index in [1.165, 1.54) is 5.56 Å². The lowest BCUT2D eigenvalue weighted by Crippen LogP contribution is -2.31. The molecule has 1 aromatic heterocycles. The van der Waals surface area contributed by atoms with Gasteiger partial charge in [0.2, 0.25) is 0 Å². The van der Waals surface area contributed by atoms with Crippen LogP contribution < -0.4 is 0 Å². The SMILES string of the molecule is Cc1ccc(-c2c([C@@H]3c4ccccc4C(=O)N3CCO)c3ccccc3n2C)cc1. The van der Waals surface area contributed by atoms with E-state index in [2.05, 4.69) is 54.9 Å². The lowest BCUT2D eigenvalue weighted by Gasteiger charge is -2.26. The highest BCUT2D eigenvalue weighted by Crippen LogP contribution is 2.46. The summed E-state index contributed by atoms with van der Waals surface area (Å²) in [5.74, 6) is -0.0209. The molecular formula is C26H24N2O2. The summed E-state index contributed by atoms with van der Waals surface area (Å²) >= 11 is 0. The molecule has 1 atom stereocenters. The summed E-state index contributed by atoms with van der Waals surface area (Å²) in [6.45, 7) is 2.32. The third-order valence-corrected chi connectivity index (χ3v) is 6.14. The Kier molecular flexibility index (Phi) is 4.44. The first-order valence-electron chi connectivity index (χ1n) is 10.3. The van der Waals surface area contributed by atoms with Crippen molar-refractivity contribution >= 4 is 16.8 Å². The average molecular weight is 396 g/mol. The summed E-state index contributed by atoms with van der Waals surface area (Å²) in [5.41, 5.74) is 7.40. The average Bonchev–Trinajstić information content (AvgIpc) is 3.21. The Bertz CT molecular complexity index is 1250. The van der Waals surface area contributed by atoms with E-state index in [9.17, 15) is 9.90 Å². The van der Waals surface area contributed by atoms with Crippen LogP contribution in [-0.4, -0.2) is 33.6 Å². The normalized spacial score (nSPS) is 15.8. The first kappa shape index (κ1) is 18.6. The highest BCUT2D eigenvalue weighted by atomic mass is 16.3. The second-order valence-electron chi connectivity index (χ2n) is 7.92. The number of β-amino-alcohol motifs (C(OH)–C–C–N with tert-alkyl or cyclic N) is 1. The number of amides is 1. The summed E-state index contributed by atoms with van der Waals surface area (Å²) in [4.78, 5) is 15.0. The second kappa shape index (κ2) is 7.15. The molecule has 1 aliphatic heterocycles. The number of aromatic nitrogens is 1. The van der Waals surface area contributed by atoms with Gasteiger partial charge in [0.25, 0.3) is 5.91 Å². The van der Waals surface area contributed by atoms with Crippen molar-refractivity contribution in [2.75, 3.05) is 13.2 Å². The molecule has 0 radical (unpaired) electrons. The Morgan fingerprint density at radius 2 is 1.63 bits per heavy atom. The number of para-hydroxylation sites is 1. The standard InChI is InChI=1S/C26H24N2O2/c1-17-11-13-18(14-12-17)24-23(21-9-5-6-10-22(21)27(24)2)25-19-7-3-4-8-20(19)26(30)28(25)15-16-29/h3-14,25,29H,15-16H2,1-2H3/t25-/m0/s1. The summed E-state index contributed by atoms with van der Waals surface area (Å²) in [6.07, 6.45) is 0. The van der Waals surface area contributed by atoms with Gasteiger partial charge in [0.05, 0.1) is 18.3 Å². The Morgan fingerprint density at radius 3 is 2.40 bits per heavy atom. The minimum atomic E-state index is -0.233. The van der Waals surface area contributed by atoms with Gasteiger partial charge in [-0.05, 0) is 30.2 Å². The van der Waals surface area contributed by atoms with Crippen molar-refractivity contribution in [2.24, 2.45) is 7.05 Å². The number of fused-ring (bicyclic) bond motifs is 2. The monoisotopic (exact) mass is 396 g/mol. The quantitative estimate of drug-likeness (QED) is 0.544. The highest BCUT2D eigenvalue weighted by Gasteiger charge is 2.40. The van der Waals surface area contributed by atoms with Gasteiger partial charge in [-0.15, -0.1) is 0 Å². The summed E-state index contributed by atoms with van der Waals surface area (Å²) in [6, 6.07) is 24.5. The first-order valence-corrected chi connectivity index (χ1v) is 10.3. The molecule has 0 spiro atoms. The van der Waals surface area contributed by atoms with Gasteiger partial charge in [-0.2, -0.15) is 0 Å². The molecule has 5 rings (SSSR count). The number of benzene rings is 3. The Morgan fingerprint density at radius 1 is 0.933 bits per heavy atom. The van der Waals surface area contributed by atoms with Crippen LogP contribution in [0.2, 0.25) is 0 Å². The van der Waals surface area contributed by atoms with Crippen molar-refractivity contribution in [3.05, 3.63) is 95.1 Å². The van der Waals surface area contributed by atoms with Gasteiger partial charge in [-0.25, -0.2) is 0 Å². The molecule has 0 fully saturated rings. The van der Waals surface area contributed by atoms with Crippen LogP contribution in [0.5, 0.6) is 0 Å². The molecule has 4 nitrogen and oxygen atoms in total. The summed E-state index contributed by atoms with van der Waals surface area (Å²) < 4.78 is 2.22. The number of nitrogens with zero attached hydrogens (tertiary/aromatic N) is 2. The van der Waals surface area contributed by atoms with E-state index in [1.54, 1.807) is 0 Å². The molecule has 30 heavy (non-hydrogen) atoms. The van der Waals surface area contributed by atoms with E-state index < -0.39 is 0 Å². The number of carbonyl (C=O) groups is 1. The maximum absolute atomic E-state index is 13.2. The zero-order chi connectivity index (χ0) is 20.8. The van der Waals surface area contributed by atoms with E-state index in [4.69, 9.17) is 0 Å². The predicted octanol–water partition coefficient (Wildman–Crippen LogP) is 4.69. The Hall–Kier alpha value is -3.37. The van der Waals surface area contributed by atoms with Gasteiger partial charge in [-0.1, -0.05) is 66.2 Å². The molecule has 0 aliphatic carbocycles. The van der Waals surface area contributed by atoms with Crippen LogP contribution in [0.4, 0.5) is 0 Å².